The Kier molecular flexibility index (Phi) is 4.75. The first-order chi connectivity index (χ1) is 10.5. The third-order valence-electron chi connectivity index (χ3n) is 3.59. The lowest BCUT2D eigenvalue weighted by atomic mass is 10.2. The fourth-order valence-electron chi connectivity index (χ4n) is 2.44. The maximum Gasteiger partial charge on any atom is 0.332 e. The van der Waals surface area contributed by atoms with Crippen LogP contribution >= 0.6 is 0 Å². The van der Waals surface area contributed by atoms with Crippen LogP contribution in [0, 0.1) is 0 Å². The molecule has 0 spiro atoms. The fourth-order valence-corrected chi connectivity index (χ4v) is 2.44. The smallest absolute Gasteiger partial charge is 0.321 e. The van der Waals surface area contributed by atoms with Crippen molar-refractivity contribution in [3.05, 3.63) is 39.8 Å². The Morgan fingerprint density at radius 1 is 1.36 bits per heavy atom. The number of Topliss-reactive ketones (excluding diaryl/α,β-unsaturated/α-hetero) is 1. The van der Waals surface area contributed by atoms with Crippen molar-refractivity contribution in [3.8, 4) is 0 Å². The number of ketones is 1. The van der Waals surface area contributed by atoms with Crippen LogP contribution in [-0.2, 0) is 24.9 Å². The fraction of sp³-hybridized carbons (Fsp3) is 0.467. The summed E-state index contributed by atoms with van der Waals surface area (Å²) in [6, 6.07) is 0. The molecular weight excluding hydrogens is 284 g/mol. The Hall–Kier alpha value is -2.44. The maximum atomic E-state index is 12.6. The van der Waals surface area contributed by atoms with Gasteiger partial charge in [-0.2, -0.15) is 0 Å². The van der Waals surface area contributed by atoms with E-state index < -0.39 is 0 Å². The first-order valence-corrected chi connectivity index (χ1v) is 7.22. The molecule has 7 heteroatoms. The van der Waals surface area contributed by atoms with Gasteiger partial charge in [-0.05, 0) is 19.8 Å². The monoisotopic (exact) mass is 304 g/mol. The molecule has 0 bridgehead atoms. The largest absolute Gasteiger partial charge is 0.332 e. The van der Waals surface area contributed by atoms with Crippen LogP contribution in [0.2, 0.25) is 0 Å². The normalized spacial score (nSPS) is 11.0. The van der Waals surface area contributed by atoms with Gasteiger partial charge in [0.15, 0.2) is 11.2 Å². The zero-order valence-corrected chi connectivity index (χ0v) is 12.9. The number of nitrogens with zero attached hydrogens (tertiary/aromatic N) is 4. The molecule has 2 rings (SSSR count). The van der Waals surface area contributed by atoms with Gasteiger partial charge in [0.05, 0.1) is 6.33 Å². The predicted octanol–water partition coefficient (Wildman–Crippen LogP) is 0.842. The van der Waals surface area contributed by atoms with Crippen molar-refractivity contribution in [2.75, 3.05) is 0 Å². The number of fused-ring (bicyclic) bond motifs is 1. The highest BCUT2D eigenvalue weighted by molar-refractivity contribution is 5.75. The summed E-state index contributed by atoms with van der Waals surface area (Å²) >= 11 is 0. The number of unbranched alkanes of at least 4 members (excludes halogenated alkanes) is 1. The lowest BCUT2D eigenvalue weighted by Crippen LogP contribution is -2.39. The van der Waals surface area contributed by atoms with Crippen LogP contribution in [0.4, 0.5) is 0 Å². The summed E-state index contributed by atoms with van der Waals surface area (Å²) < 4.78 is 4.27. The number of hydrogen-bond donors (Lipinski definition) is 0. The minimum absolute atomic E-state index is 0.111. The number of aryl methyl sites for hydroxylation is 1. The van der Waals surface area contributed by atoms with Crippen molar-refractivity contribution in [2.24, 2.45) is 7.05 Å². The van der Waals surface area contributed by atoms with E-state index in [1.807, 2.05) is 0 Å². The summed E-state index contributed by atoms with van der Waals surface area (Å²) in [5.41, 5.74) is 0.0369. The molecule has 7 nitrogen and oxygen atoms in total. The molecule has 22 heavy (non-hydrogen) atoms. The number of carbonyl (C=O) groups is 1. The van der Waals surface area contributed by atoms with Crippen LogP contribution in [0.15, 0.2) is 28.6 Å². The quantitative estimate of drug-likeness (QED) is 0.561. The van der Waals surface area contributed by atoms with E-state index in [1.54, 1.807) is 17.7 Å². The van der Waals surface area contributed by atoms with E-state index in [9.17, 15) is 14.4 Å². The average Bonchev–Trinajstić information content (AvgIpc) is 2.88. The molecule has 0 aromatic carbocycles. The molecule has 0 radical (unpaired) electrons. The molecule has 0 saturated heterocycles. The molecule has 0 aliphatic carbocycles. The van der Waals surface area contributed by atoms with Crippen molar-refractivity contribution < 1.29 is 4.79 Å². The van der Waals surface area contributed by atoms with E-state index in [-0.39, 0.29) is 17.0 Å². The third kappa shape index (κ3) is 2.93. The molecule has 0 fully saturated rings. The molecule has 0 aliphatic heterocycles. The van der Waals surface area contributed by atoms with E-state index in [4.69, 9.17) is 0 Å². The van der Waals surface area contributed by atoms with Crippen molar-refractivity contribution in [3.63, 3.8) is 0 Å². The highest BCUT2D eigenvalue weighted by Crippen LogP contribution is 2.06. The SMILES string of the molecule is C=CCn1cnc2c1c(=O)n(CCCCC(C)=O)c(=O)n2C. The van der Waals surface area contributed by atoms with Gasteiger partial charge >= 0.3 is 5.69 Å². The second-order valence-corrected chi connectivity index (χ2v) is 5.32. The van der Waals surface area contributed by atoms with Gasteiger partial charge in [-0.25, -0.2) is 9.78 Å². The van der Waals surface area contributed by atoms with Crippen molar-refractivity contribution in [1.29, 1.82) is 0 Å². The Balaban J connectivity index is 2.43. The maximum absolute atomic E-state index is 12.6. The van der Waals surface area contributed by atoms with Crippen LogP contribution in [0.5, 0.6) is 0 Å². The lowest BCUT2D eigenvalue weighted by molar-refractivity contribution is -0.117. The van der Waals surface area contributed by atoms with Crippen LogP contribution in [0.25, 0.3) is 11.2 Å². The topological polar surface area (TPSA) is 78.9 Å². The van der Waals surface area contributed by atoms with Crippen molar-refractivity contribution >= 4 is 16.9 Å². The number of carbonyl (C=O) groups excluding carboxylic acids is 1. The summed E-state index contributed by atoms with van der Waals surface area (Å²) in [4.78, 5) is 39.9. The van der Waals surface area contributed by atoms with E-state index >= 15 is 0 Å². The number of imidazole rings is 1. The molecule has 0 amide bonds. The van der Waals surface area contributed by atoms with Crippen LogP contribution in [0.1, 0.15) is 26.2 Å². The molecule has 2 aromatic rings. The molecule has 2 aromatic heterocycles. The molecular formula is C15H20N4O3. The highest BCUT2D eigenvalue weighted by atomic mass is 16.2. The minimum atomic E-state index is -0.385. The lowest BCUT2D eigenvalue weighted by Gasteiger charge is -2.09. The Morgan fingerprint density at radius 2 is 2.09 bits per heavy atom. The Bertz CT molecular complexity index is 826. The zero-order chi connectivity index (χ0) is 16.3. The predicted molar refractivity (Wildman–Crippen MR) is 84.0 cm³/mol. The highest BCUT2D eigenvalue weighted by Gasteiger charge is 2.15. The summed E-state index contributed by atoms with van der Waals surface area (Å²) in [5, 5.41) is 0. The van der Waals surface area contributed by atoms with Crippen molar-refractivity contribution in [1.82, 2.24) is 18.7 Å². The second-order valence-electron chi connectivity index (χ2n) is 5.32. The molecule has 0 aliphatic rings. The van der Waals surface area contributed by atoms with Crippen molar-refractivity contribution in [2.45, 2.75) is 39.3 Å². The van der Waals surface area contributed by atoms with E-state index in [0.29, 0.717) is 43.5 Å². The van der Waals surface area contributed by atoms with E-state index in [0.717, 1.165) is 0 Å². The van der Waals surface area contributed by atoms with Gasteiger partial charge in [0.2, 0.25) is 0 Å². The van der Waals surface area contributed by atoms with Gasteiger partial charge in [0.1, 0.15) is 5.78 Å². The molecule has 118 valence electrons. The summed E-state index contributed by atoms with van der Waals surface area (Å²) in [5.74, 6) is 0.111. The van der Waals surface area contributed by atoms with Gasteiger partial charge < -0.3 is 9.36 Å². The van der Waals surface area contributed by atoms with Gasteiger partial charge in [-0.1, -0.05) is 6.08 Å². The Labute approximate surface area is 127 Å². The zero-order valence-electron chi connectivity index (χ0n) is 12.9. The third-order valence-corrected chi connectivity index (χ3v) is 3.59. The van der Waals surface area contributed by atoms with Crippen LogP contribution < -0.4 is 11.2 Å². The minimum Gasteiger partial charge on any atom is -0.321 e. The summed E-state index contributed by atoms with van der Waals surface area (Å²) in [6.45, 7) is 5.94. The van der Waals surface area contributed by atoms with Crippen LogP contribution in [-0.4, -0.2) is 24.5 Å². The number of rotatable bonds is 7. The molecule has 0 saturated carbocycles. The van der Waals surface area contributed by atoms with Gasteiger partial charge in [0, 0.05) is 26.6 Å². The molecule has 0 atom stereocenters. The van der Waals surface area contributed by atoms with E-state index in [1.165, 1.54) is 22.4 Å². The molecule has 2 heterocycles. The average molecular weight is 304 g/mol. The van der Waals surface area contributed by atoms with E-state index in [2.05, 4.69) is 11.6 Å². The van der Waals surface area contributed by atoms with Gasteiger partial charge in [0.25, 0.3) is 5.56 Å². The first-order valence-electron chi connectivity index (χ1n) is 7.22. The Morgan fingerprint density at radius 3 is 2.73 bits per heavy atom. The van der Waals surface area contributed by atoms with Gasteiger partial charge in [-0.15, -0.1) is 6.58 Å². The summed E-state index contributed by atoms with van der Waals surface area (Å²) in [6.07, 6.45) is 4.94. The first kappa shape index (κ1) is 15.9. The molecule has 0 unspecified atom stereocenters. The number of hydrogen-bond acceptors (Lipinski definition) is 4. The standard InChI is InChI=1S/C15H20N4O3/c1-4-8-18-10-16-13-12(18)14(21)19(15(22)17(13)3)9-6-5-7-11(2)20/h4,10H,1,5-9H2,2-3H3. The number of allylic oxidation sites excluding steroid dienone is 1. The summed E-state index contributed by atoms with van der Waals surface area (Å²) in [7, 11) is 1.60. The molecule has 0 N–H and O–H groups in total. The second kappa shape index (κ2) is 6.55. The number of aromatic nitrogens is 4. The van der Waals surface area contributed by atoms with Gasteiger partial charge in [-0.3, -0.25) is 13.9 Å². The van der Waals surface area contributed by atoms with Crippen LogP contribution in [0.3, 0.4) is 0 Å².